The van der Waals surface area contributed by atoms with Crippen LogP contribution in [-0.4, -0.2) is 39.4 Å². The zero-order valence-electron chi connectivity index (χ0n) is 14.3. The summed E-state index contributed by atoms with van der Waals surface area (Å²) in [5.74, 6) is -0.646. The molecule has 3 heterocycles. The first-order chi connectivity index (χ1) is 12.6. The Labute approximate surface area is 151 Å². The summed E-state index contributed by atoms with van der Waals surface area (Å²) in [6.07, 6.45) is 5.25. The van der Waals surface area contributed by atoms with Crippen LogP contribution in [0.1, 0.15) is 23.2 Å². The number of carbonyl (C=O) groups excluding carboxylic acids is 2. The van der Waals surface area contributed by atoms with Crippen LogP contribution in [0.25, 0.3) is 16.6 Å². The fourth-order valence-electron chi connectivity index (χ4n) is 3.55. The first kappa shape index (κ1) is 16.3. The standard InChI is InChI=1S/C20H20N4O2/c21-19(25)16-7-4-9-23(13-16)20(26)15-6-3-5-14(11-15)17-12-22-24-10-2-1-8-18(17)24/h1-3,5-6,8,10-12,16H,4,7,9,13H2,(H2,21,25). The van der Waals surface area contributed by atoms with Crippen LogP contribution in [0, 0.1) is 5.92 Å². The maximum absolute atomic E-state index is 12.9. The van der Waals surface area contributed by atoms with Crippen molar-refractivity contribution in [1.29, 1.82) is 0 Å². The Morgan fingerprint density at radius 2 is 2.04 bits per heavy atom. The summed E-state index contributed by atoms with van der Waals surface area (Å²) in [5, 5.41) is 4.36. The molecule has 1 aromatic carbocycles. The number of amides is 2. The lowest BCUT2D eigenvalue weighted by atomic mass is 9.96. The van der Waals surface area contributed by atoms with Crippen LogP contribution < -0.4 is 5.73 Å². The minimum absolute atomic E-state index is 0.0609. The topological polar surface area (TPSA) is 80.7 Å². The number of pyridine rings is 1. The molecule has 2 N–H and O–H groups in total. The second-order valence-corrected chi connectivity index (χ2v) is 6.66. The highest BCUT2D eigenvalue weighted by molar-refractivity contribution is 5.96. The SMILES string of the molecule is NC(=O)C1CCCN(C(=O)c2cccc(-c3cnn4ccccc34)c2)C1. The number of nitrogens with two attached hydrogens (primary N) is 1. The molecule has 0 aliphatic carbocycles. The van der Waals surface area contributed by atoms with Crippen molar-refractivity contribution in [1.82, 2.24) is 14.5 Å². The third-order valence-corrected chi connectivity index (χ3v) is 4.96. The van der Waals surface area contributed by atoms with Gasteiger partial charge in [0.05, 0.1) is 17.6 Å². The van der Waals surface area contributed by atoms with Crippen molar-refractivity contribution in [2.24, 2.45) is 11.7 Å². The van der Waals surface area contributed by atoms with Gasteiger partial charge in [0.25, 0.3) is 5.91 Å². The minimum atomic E-state index is -0.331. The Morgan fingerprint density at radius 3 is 2.88 bits per heavy atom. The van der Waals surface area contributed by atoms with Crippen molar-refractivity contribution in [2.45, 2.75) is 12.8 Å². The molecule has 1 aliphatic heterocycles. The molecule has 4 rings (SSSR count). The monoisotopic (exact) mass is 348 g/mol. The smallest absolute Gasteiger partial charge is 0.253 e. The van der Waals surface area contributed by atoms with Crippen LogP contribution in [0.2, 0.25) is 0 Å². The van der Waals surface area contributed by atoms with Gasteiger partial charge in [-0.15, -0.1) is 0 Å². The summed E-state index contributed by atoms with van der Waals surface area (Å²) in [7, 11) is 0. The highest BCUT2D eigenvalue weighted by atomic mass is 16.2. The van der Waals surface area contributed by atoms with E-state index in [2.05, 4.69) is 5.10 Å². The number of likely N-dealkylation sites (tertiary alicyclic amines) is 1. The van der Waals surface area contributed by atoms with E-state index in [1.54, 1.807) is 4.90 Å². The fraction of sp³-hybridized carbons (Fsp3) is 0.250. The predicted octanol–water partition coefficient (Wildman–Crippen LogP) is 2.34. The lowest BCUT2D eigenvalue weighted by Crippen LogP contribution is -2.44. The van der Waals surface area contributed by atoms with E-state index in [4.69, 9.17) is 5.73 Å². The molecular formula is C20H20N4O2. The molecule has 132 valence electrons. The molecule has 1 saturated heterocycles. The number of carbonyl (C=O) groups is 2. The van der Waals surface area contributed by atoms with Crippen LogP contribution in [0.4, 0.5) is 0 Å². The van der Waals surface area contributed by atoms with Gasteiger partial charge in [0.15, 0.2) is 0 Å². The predicted molar refractivity (Wildman–Crippen MR) is 98.4 cm³/mol. The Bertz CT molecular complexity index is 979. The van der Waals surface area contributed by atoms with Gasteiger partial charge >= 0.3 is 0 Å². The molecule has 3 aromatic rings. The number of primary amides is 1. The van der Waals surface area contributed by atoms with Crippen LogP contribution in [0.3, 0.4) is 0 Å². The number of piperidine rings is 1. The second-order valence-electron chi connectivity index (χ2n) is 6.66. The number of benzene rings is 1. The number of hydrogen-bond donors (Lipinski definition) is 1. The molecular weight excluding hydrogens is 328 g/mol. The van der Waals surface area contributed by atoms with E-state index >= 15 is 0 Å². The van der Waals surface area contributed by atoms with Crippen molar-refractivity contribution in [2.75, 3.05) is 13.1 Å². The van der Waals surface area contributed by atoms with Gasteiger partial charge in [-0.1, -0.05) is 18.2 Å². The zero-order chi connectivity index (χ0) is 18.1. The van der Waals surface area contributed by atoms with Crippen molar-refractivity contribution in [3.8, 4) is 11.1 Å². The highest BCUT2D eigenvalue weighted by Gasteiger charge is 2.27. The van der Waals surface area contributed by atoms with Gasteiger partial charge in [0.1, 0.15) is 0 Å². The maximum atomic E-state index is 12.9. The molecule has 1 atom stereocenters. The highest BCUT2D eigenvalue weighted by Crippen LogP contribution is 2.26. The van der Waals surface area contributed by atoms with Crippen LogP contribution in [0.5, 0.6) is 0 Å². The number of nitrogens with zero attached hydrogens (tertiary/aromatic N) is 3. The summed E-state index contributed by atoms with van der Waals surface area (Å²) >= 11 is 0. The van der Waals surface area contributed by atoms with Gasteiger partial charge in [-0.05, 0) is 42.7 Å². The number of fused-ring (bicyclic) bond motifs is 1. The molecule has 6 heteroatoms. The van der Waals surface area contributed by atoms with Gasteiger partial charge in [-0.3, -0.25) is 9.59 Å². The van der Waals surface area contributed by atoms with Crippen molar-refractivity contribution in [3.05, 3.63) is 60.4 Å². The van der Waals surface area contributed by atoms with Crippen LogP contribution in [-0.2, 0) is 4.79 Å². The van der Waals surface area contributed by atoms with Gasteiger partial charge in [0.2, 0.25) is 5.91 Å². The quantitative estimate of drug-likeness (QED) is 0.789. The summed E-state index contributed by atoms with van der Waals surface area (Å²) in [5.41, 5.74) is 8.95. The number of aromatic nitrogens is 2. The van der Waals surface area contributed by atoms with E-state index in [-0.39, 0.29) is 17.7 Å². The molecule has 1 fully saturated rings. The molecule has 0 spiro atoms. The third kappa shape index (κ3) is 2.94. The van der Waals surface area contributed by atoms with Crippen molar-refractivity contribution >= 4 is 17.3 Å². The molecule has 0 radical (unpaired) electrons. The van der Waals surface area contributed by atoms with Crippen LogP contribution in [0.15, 0.2) is 54.9 Å². The number of hydrogen-bond acceptors (Lipinski definition) is 3. The molecule has 0 saturated carbocycles. The summed E-state index contributed by atoms with van der Waals surface area (Å²) < 4.78 is 1.81. The molecule has 2 amide bonds. The second kappa shape index (κ2) is 6.63. The average molecular weight is 348 g/mol. The zero-order valence-corrected chi connectivity index (χ0v) is 14.3. The van der Waals surface area contributed by atoms with E-state index in [9.17, 15) is 9.59 Å². The Kier molecular flexibility index (Phi) is 4.16. The maximum Gasteiger partial charge on any atom is 0.253 e. The van der Waals surface area contributed by atoms with Crippen LogP contribution >= 0.6 is 0 Å². The first-order valence-electron chi connectivity index (χ1n) is 8.75. The van der Waals surface area contributed by atoms with E-state index < -0.39 is 0 Å². The van der Waals surface area contributed by atoms with Crippen molar-refractivity contribution in [3.63, 3.8) is 0 Å². The lowest BCUT2D eigenvalue weighted by molar-refractivity contribution is -0.123. The molecule has 26 heavy (non-hydrogen) atoms. The van der Waals surface area contributed by atoms with E-state index in [1.807, 2.05) is 59.4 Å². The normalized spacial score (nSPS) is 17.4. The Morgan fingerprint density at radius 1 is 1.15 bits per heavy atom. The van der Waals surface area contributed by atoms with Gasteiger partial charge in [-0.2, -0.15) is 5.10 Å². The molecule has 0 bridgehead atoms. The lowest BCUT2D eigenvalue weighted by Gasteiger charge is -2.31. The molecule has 1 aliphatic rings. The summed E-state index contributed by atoms with van der Waals surface area (Å²) in [4.78, 5) is 26.1. The third-order valence-electron chi connectivity index (χ3n) is 4.96. The minimum Gasteiger partial charge on any atom is -0.369 e. The first-order valence-corrected chi connectivity index (χ1v) is 8.75. The van der Waals surface area contributed by atoms with E-state index in [0.29, 0.717) is 18.7 Å². The van der Waals surface area contributed by atoms with Crippen molar-refractivity contribution < 1.29 is 9.59 Å². The molecule has 1 unspecified atom stereocenters. The van der Waals surface area contributed by atoms with Gasteiger partial charge in [0, 0.05) is 30.4 Å². The average Bonchev–Trinajstić information content (AvgIpc) is 3.12. The Hall–Kier alpha value is -3.15. The molecule has 2 aromatic heterocycles. The largest absolute Gasteiger partial charge is 0.369 e. The van der Waals surface area contributed by atoms with E-state index in [0.717, 1.165) is 29.5 Å². The number of rotatable bonds is 3. The molecule has 6 nitrogen and oxygen atoms in total. The summed E-state index contributed by atoms with van der Waals surface area (Å²) in [6, 6.07) is 13.4. The van der Waals surface area contributed by atoms with Gasteiger partial charge in [-0.25, -0.2) is 4.52 Å². The van der Waals surface area contributed by atoms with Gasteiger partial charge < -0.3 is 10.6 Å². The Balaban J connectivity index is 1.63. The van der Waals surface area contributed by atoms with E-state index in [1.165, 1.54) is 0 Å². The fourth-order valence-corrected chi connectivity index (χ4v) is 3.55. The summed E-state index contributed by atoms with van der Waals surface area (Å²) in [6.45, 7) is 1.05.